The fourth-order valence-corrected chi connectivity index (χ4v) is 4.44. The van der Waals surface area contributed by atoms with Gasteiger partial charge in [-0.2, -0.15) is 0 Å². The van der Waals surface area contributed by atoms with Crippen molar-refractivity contribution in [2.45, 2.75) is 0 Å². The summed E-state index contributed by atoms with van der Waals surface area (Å²) in [6.45, 7) is 5.53. The number of fused-ring (bicyclic) bond motifs is 8. The van der Waals surface area contributed by atoms with Crippen molar-refractivity contribution in [3.8, 4) is 0 Å². The molecule has 0 radical (unpaired) electrons. The van der Waals surface area contributed by atoms with Gasteiger partial charge in [0.05, 0.1) is 0 Å². The molecule has 5 heteroatoms. The monoisotopic (exact) mass is 437 g/mol. The zero-order chi connectivity index (χ0) is 20.5. The van der Waals surface area contributed by atoms with Crippen LogP contribution in [0.4, 0.5) is 0 Å². The molecule has 0 fully saturated rings. The van der Waals surface area contributed by atoms with Gasteiger partial charge in [-0.3, -0.25) is 0 Å². The molecule has 0 aliphatic carbocycles. The van der Waals surface area contributed by atoms with Gasteiger partial charge in [-0.25, -0.2) is 0 Å². The summed E-state index contributed by atoms with van der Waals surface area (Å²) in [5.74, 6) is 0. The third-order valence-electron chi connectivity index (χ3n) is 4.92. The Kier molecular flexibility index (Phi) is 4.82. The number of nitrogens with zero attached hydrogens (tertiary/aromatic N) is 2. The topological polar surface area (TPSA) is 57.4 Å². The molecule has 0 amide bonds. The van der Waals surface area contributed by atoms with Gasteiger partial charge in [0.2, 0.25) is 0 Å². The molecule has 0 unspecified atom stereocenters. The average molecular weight is 439 g/mol. The summed E-state index contributed by atoms with van der Waals surface area (Å²) in [6, 6.07) is 14.5. The zero-order valence-corrected chi connectivity index (χ0v) is 19.2. The number of aromatic nitrogens is 4. The molecule has 3 aromatic heterocycles. The second kappa shape index (κ2) is 7.77. The van der Waals surface area contributed by atoms with E-state index in [4.69, 9.17) is 11.6 Å². The summed E-state index contributed by atoms with van der Waals surface area (Å²) in [5.41, 5.74) is 8.89. The Bertz CT molecular complexity index is 1430. The molecule has 0 spiro atoms. The van der Waals surface area contributed by atoms with E-state index in [0.717, 1.165) is 68.3 Å². The van der Waals surface area contributed by atoms with Crippen LogP contribution in [0.5, 0.6) is 0 Å². The van der Waals surface area contributed by atoms with Gasteiger partial charge >= 0.3 is 184 Å². The fourth-order valence-electron chi connectivity index (χ4n) is 3.55. The van der Waals surface area contributed by atoms with E-state index in [-0.39, 0.29) is 0 Å². The number of allylic oxidation sites excluding steroid dienone is 3. The van der Waals surface area contributed by atoms with E-state index in [1.54, 1.807) is 6.08 Å². The van der Waals surface area contributed by atoms with Crippen molar-refractivity contribution in [3.63, 3.8) is 0 Å². The number of H-pyrrole nitrogens is 2. The predicted molar refractivity (Wildman–Crippen MR) is 121 cm³/mol. The molecule has 3 aromatic rings. The van der Waals surface area contributed by atoms with Crippen LogP contribution in [0.2, 0.25) is 0 Å². The molecule has 5 heterocycles. The number of aromatic amines is 2. The van der Waals surface area contributed by atoms with E-state index in [0.29, 0.717) is 0 Å². The van der Waals surface area contributed by atoms with Crippen molar-refractivity contribution in [1.29, 1.82) is 0 Å². The van der Waals surface area contributed by atoms with Crippen molar-refractivity contribution in [1.82, 2.24) is 19.9 Å². The third-order valence-corrected chi connectivity index (χ3v) is 6.22. The van der Waals surface area contributed by atoms with Gasteiger partial charge in [0.25, 0.3) is 0 Å². The van der Waals surface area contributed by atoms with E-state index < -0.39 is 0 Å². The molecule has 5 rings (SSSR count). The van der Waals surface area contributed by atoms with Crippen LogP contribution < -0.4 is 0 Å². The molecule has 0 saturated heterocycles. The maximum absolute atomic E-state index is 5.53. The predicted octanol–water partition coefficient (Wildman–Crippen LogP) is 5.27. The third kappa shape index (κ3) is 3.85. The number of hydrogen-bond acceptors (Lipinski definition) is 2. The Balaban J connectivity index is 1.81. The molecule has 0 saturated carbocycles. The standard InChI is InChI=1S/C25H17N4.Zn/c1-2-3-4-5-17-12-24-15-22-9-8-20(27-22)13-18-6-7-19(26-18)14-21-10-11-23(28-21)16-25(17)29-24;/h1-4,6-16,27,29H;/q-1;/b4-3-,18-13?,19-14?,20-13?,21-14?,22-15?,23-16?,24-15?,25-16?;. The Morgan fingerprint density at radius 2 is 1.40 bits per heavy atom. The Morgan fingerprint density at radius 3 is 2.10 bits per heavy atom. The summed E-state index contributed by atoms with van der Waals surface area (Å²) >= 11 is 1.02. The van der Waals surface area contributed by atoms with Gasteiger partial charge in [-0.1, -0.05) is 0 Å². The van der Waals surface area contributed by atoms with E-state index in [2.05, 4.69) is 51.4 Å². The molecule has 30 heavy (non-hydrogen) atoms. The number of nitrogens with one attached hydrogen (secondary N) is 2. The quantitative estimate of drug-likeness (QED) is 0.229. The molecule has 2 N–H and O–H groups in total. The molecule has 140 valence electrons. The molecule has 2 aliphatic heterocycles. The normalized spacial score (nSPS) is 12.6. The van der Waals surface area contributed by atoms with Crippen molar-refractivity contribution >= 4 is 50.5 Å². The minimum absolute atomic E-state index is 0.895. The van der Waals surface area contributed by atoms with E-state index in [1.807, 2.05) is 42.5 Å². The van der Waals surface area contributed by atoms with Crippen LogP contribution in [0.1, 0.15) is 28.3 Å². The van der Waals surface area contributed by atoms with Gasteiger partial charge in [0, 0.05) is 0 Å². The Hall–Kier alpha value is -3.43. The van der Waals surface area contributed by atoms with Crippen molar-refractivity contribution in [3.05, 3.63) is 95.6 Å². The first-order valence-corrected chi connectivity index (χ1v) is 11.1. The zero-order valence-electron chi connectivity index (χ0n) is 16.3. The van der Waals surface area contributed by atoms with Crippen LogP contribution >= 0.6 is 0 Å². The van der Waals surface area contributed by atoms with Crippen LogP contribution in [-0.4, -0.2) is 24.0 Å². The SMILES string of the molecule is [CH-]=C/C=C\[C](=[Zn])c1cc2cc3ccc(cc4nc(cc5nc(cc1[nH]2)C=C5)C=C4)[nH]3. The number of hydrogen-bond donors (Lipinski definition) is 2. The minimum atomic E-state index is 0.895. The van der Waals surface area contributed by atoms with Crippen LogP contribution in [0.15, 0.2) is 60.7 Å². The molecular weight excluding hydrogens is 422 g/mol. The van der Waals surface area contributed by atoms with Crippen molar-refractivity contribution in [2.75, 3.05) is 0 Å². The van der Waals surface area contributed by atoms with Crippen molar-refractivity contribution in [2.24, 2.45) is 0 Å². The van der Waals surface area contributed by atoms with Gasteiger partial charge in [-0.05, 0) is 0 Å². The summed E-state index contributed by atoms with van der Waals surface area (Å²) < 4.78 is 1.24. The summed E-state index contributed by atoms with van der Waals surface area (Å²) in [5, 5.41) is 0. The molecule has 0 atom stereocenters. The van der Waals surface area contributed by atoms with Crippen LogP contribution in [0.3, 0.4) is 0 Å². The first-order chi connectivity index (χ1) is 14.7. The molecule has 8 bridgehead atoms. The maximum atomic E-state index is 5.53. The molecule has 4 nitrogen and oxygen atoms in total. The molecule has 0 aromatic carbocycles. The van der Waals surface area contributed by atoms with Crippen LogP contribution in [0.25, 0.3) is 46.4 Å². The first-order valence-electron chi connectivity index (χ1n) is 9.66. The summed E-state index contributed by atoms with van der Waals surface area (Å²) in [6.07, 6.45) is 13.6. The van der Waals surface area contributed by atoms with E-state index in [9.17, 15) is 0 Å². The number of rotatable bonds is 3. The Morgan fingerprint density at radius 1 is 0.767 bits per heavy atom. The van der Waals surface area contributed by atoms with Gasteiger partial charge in [0.1, 0.15) is 0 Å². The molecular formula is C25H17N4Zn-. The summed E-state index contributed by atoms with van der Waals surface area (Å²) in [7, 11) is 0. The van der Waals surface area contributed by atoms with Crippen LogP contribution in [0, 0.1) is 6.58 Å². The van der Waals surface area contributed by atoms with E-state index >= 15 is 0 Å². The van der Waals surface area contributed by atoms with E-state index in [1.165, 1.54) is 4.11 Å². The average Bonchev–Trinajstić information content (AvgIpc) is 3.51. The first kappa shape index (κ1) is 18.6. The molecule has 2 aliphatic rings. The van der Waals surface area contributed by atoms with Gasteiger partial charge in [-0.15, -0.1) is 0 Å². The van der Waals surface area contributed by atoms with Gasteiger partial charge in [0.15, 0.2) is 0 Å². The second-order valence-corrected chi connectivity index (χ2v) is 8.76. The Labute approximate surface area is 183 Å². The summed E-state index contributed by atoms with van der Waals surface area (Å²) in [4.78, 5) is 16.4. The van der Waals surface area contributed by atoms with Crippen LogP contribution in [-0.2, 0) is 17.9 Å². The second-order valence-electron chi connectivity index (χ2n) is 7.16. The van der Waals surface area contributed by atoms with Gasteiger partial charge < -0.3 is 0 Å². The van der Waals surface area contributed by atoms with Crippen molar-refractivity contribution < 1.29 is 17.9 Å². The fraction of sp³-hybridized carbons (Fsp3) is 0.